The fourth-order valence-electron chi connectivity index (χ4n) is 3.39. The van der Waals surface area contributed by atoms with E-state index >= 15 is 0 Å². The van der Waals surface area contributed by atoms with Crippen molar-refractivity contribution in [2.75, 3.05) is 0 Å². The molecule has 0 spiro atoms. The lowest BCUT2D eigenvalue weighted by molar-refractivity contribution is 1.27. The van der Waals surface area contributed by atoms with Crippen LogP contribution in [0.5, 0.6) is 0 Å². The van der Waals surface area contributed by atoms with Crippen molar-refractivity contribution < 1.29 is 0 Å². The summed E-state index contributed by atoms with van der Waals surface area (Å²) >= 11 is 1.55. The van der Waals surface area contributed by atoms with Gasteiger partial charge in [-0.25, -0.2) is 0 Å². The maximum Gasteiger partial charge on any atom is 0.266 e. The van der Waals surface area contributed by atoms with Crippen LogP contribution in [0.15, 0.2) is 53.3 Å². The van der Waals surface area contributed by atoms with Gasteiger partial charge in [-0.05, 0) is 19.1 Å². The molecule has 5 aromatic rings. The summed E-state index contributed by atoms with van der Waals surface area (Å²) in [5, 5.41) is 4.20. The Morgan fingerprint density at radius 3 is 2.57 bits per heavy atom. The molecule has 0 atom stereocenters. The van der Waals surface area contributed by atoms with Crippen molar-refractivity contribution in [3.8, 4) is 0 Å². The smallest absolute Gasteiger partial charge is 0.266 e. The molecule has 0 fully saturated rings. The number of aryl methyl sites for hydroxylation is 1. The van der Waals surface area contributed by atoms with Crippen molar-refractivity contribution in [1.29, 1.82) is 0 Å². The highest BCUT2D eigenvalue weighted by Crippen LogP contribution is 2.38. The van der Waals surface area contributed by atoms with Crippen molar-refractivity contribution in [2.24, 2.45) is 0 Å². The van der Waals surface area contributed by atoms with Crippen LogP contribution in [0.2, 0.25) is 0 Å². The summed E-state index contributed by atoms with van der Waals surface area (Å²) in [5.41, 5.74) is 2.72. The number of fused-ring (bicyclic) bond motifs is 7. The lowest BCUT2D eigenvalue weighted by Crippen LogP contribution is -2.06. The number of nitrogens with one attached hydrogen (secondary N) is 1. The van der Waals surface area contributed by atoms with E-state index < -0.39 is 0 Å². The number of pyridine rings is 2. The molecule has 110 valence electrons. The third-order valence-electron chi connectivity index (χ3n) is 4.36. The normalized spacial score (nSPS) is 11.9. The summed E-state index contributed by atoms with van der Waals surface area (Å²) in [7, 11) is 0. The van der Waals surface area contributed by atoms with Gasteiger partial charge in [0.2, 0.25) is 0 Å². The van der Waals surface area contributed by atoms with E-state index in [1.54, 1.807) is 11.3 Å². The number of H-pyrrole nitrogens is 1. The van der Waals surface area contributed by atoms with Crippen molar-refractivity contribution >= 4 is 53.3 Å². The molecular formula is C19H12N2OS. The summed E-state index contributed by atoms with van der Waals surface area (Å²) in [6.07, 6.45) is 0. The van der Waals surface area contributed by atoms with Gasteiger partial charge in [0.25, 0.3) is 5.56 Å². The molecule has 3 heterocycles. The van der Waals surface area contributed by atoms with Gasteiger partial charge in [0.1, 0.15) is 4.70 Å². The average molecular weight is 316 g/mol. The lowest BCUT2D eigenvalue weighted by Gasteiger charge is -2.08. The van der Waals surface area contributed by atoms with Gasteiger partial charge in [-0.1, -0.05) is 36.4 Å². The van der Waals surface area contributed by atoms with E-state index in [0.29, 0.717) is 0 Å². The van der Waals surface area contributed by atoms with Gasteiger partial charge in [-0.3, -0.25) is 9.78 Å². The molecule has 0 aliphatic carbocycles. The van der Waals surface area contributed by atoms with Gasteiger partial charge < -0.3 is 4.98 Å². The molecule has 0 bridgehead atoms. The van der Waals surface area contributed by atoms with E-state index in [0.717, 1.165) is 47.7 Å². The van der Waals surface area contributed by atoms with Crippen LogP contribution in [0, 0.1) is 6.92 Å². The molecule has 0 saturated carbocycles. The van der Waals surface area contributed by atoms with E-state index in [9.17, 15) is 4.79 Å². The predicted octanol–water partition coefficient (Wildman–Crippen LogP) is 4.75. The van der Waals surface area contributed by atoms with Crippen LogP contribution in [0.3, 0.4) is 0 Å². The van der Waals surface area contributed by atoms with Gasteiger partial charge in [-0.2, -0.15) is 0 Å². The van der Waals surface area contributed by atoms with Gasteiger partial charge in [0.15, 0.2) is 0 Å². The largest absolute Gasteiger partial charge is 0.320 e. The van der Waals surface area contributed by atoms with Gasteiger partial charge >= 0.3 is 0 Å². The Hall–Kier alpha value is -2.72. The van der Waals surface area contributed by atoms with Crippen LogP contribution >= 0.6 is 11.3 Å². The Morgan fingerprint density at radius 2 is 1.70 bits per heavy atom. The molecule has 0 aliphatic heterocycles. The second kappa shape index (κ2) is 4.40. The van der Waals surface area contributed by atoms with Crippen LogP contribution in [0.4, 0.5) is 0 Å². The molecule has 4 heteroatoms. The Kier molecular flexibility index (Phi) is 2.44. The zero-order valence-corrected chi connectivity index (χ0v) is 13.2. The molecule has 23 heavy (non-hydrogen) atoms. The van der Waals surface area contributed by atoms with Crippen molar-refractivity contribution in [2.45, 2.75) is 6.92 Å². The number of para-hydroxylation sites is 1. The molecule has 3 aromatic heterocycles. The number of aromatic amines is 1. The second-order valence-electron chi connectivity index (χ2n) is 5.72. The van der Waals surface area contributed by atoms with Crippen LogP contribution < -0.4 is 5.56 Å². The summed E-state index contributed by atoms with van der Waals surface area (Å²) in [6, 6.07) is 16.1. The van der Waals surface area contributed by atoms with Gasteiger partial charge in [0, 0.05) is 31.9 Å². The molecule has 0 aliphatic rings. The third-order valence-corrected chi connectivity index (χ3v) is 5.53. The monoisotopic (exact) mass is 316 g/mol. The molecule has 3 nitrogen and oxygen atoms in total. The first kappa shape index (κ1) is 12.8. The third kappa shape index (κ3) is 1.64. The number of thiophene rings is 1. The van der Waals surface area contributed by atoms with Gasteiger partial charge in [0.05, 0.1) is 11.0 Å². The zero-order chi connectivity index (χ0) is 15.6. The summed E-state index contributed by atoms with van der Waals surface area (Å²) < 4.78 is 1.91. The highest BCUT2D eigenvalue weighted by atomic mass is 32.1. The van der Waals surface area contributed by atoms with E-state index in [-0.39, 0.29) is 5.56 Å². The topological polar surface area (TPSA) is 45.8 Å². The highest BCUT2D eigenvalue weighted by Gasteiger charge is 2.16. The van der Waals surface area contributed by atoms with Crippen molar-refractivity contribution in [3.05, 3.63) is 64.6 Å². The zero-order valence-electron chi connectivity index (χ0n) is 12.4. The molecule has 0 radical (unpaired) electrons. The first-order valence-electron chi connectivity index (χ1n) is 7.46. The first-order valence-corrected chi connectivity index (χ1v) is 8.28. The fraction of sp³-hybridized carbons (Fsp3) is 0.0526. The van der Waals surface area contributed by atoms with E-state index in [4.69, 9.17) is 4.98 Å². The Morgan fingerprint density at radius 1 is 0.957 bits per heavy atom. The molecule has 2 aromatic carbocycles. The first-order chi connectivity index (χ1) is 11.2. The van der Waals surface area contributed by atoms with Crippen LogP contribution in [0.25, 0.3) is 42.0 Å². The standard InChI is InChI=1S/C19H12N2OS/c1-10-15-16-12-7-3-5-9-14(12)23-18(16)19(22)21-17(15)11-6-2-4-8-13(11)20-10/h2-9H,1H3,(H,21,22). The second-order valence-corrected chi connectivity index (χ2v) is 6.77. The average Bonchev–Trinajstić information content (AvgIpc) is 2.95. The minimum atomic E-state index is -0.0237. The maximum absolute atomic E-state index is 12.7. The summed E-state index contributed by atoms with van der Waals surface area (Å²) in [4.78, 5) is 20.5. The lowest BCUT2D eigenvalue weighted by atomic mass is 10.0. The fourth-order valence-corrected chi connectivity index (χ4v) is 4.50. The number of hydrogen-bond acceptors (Lipinski definition) is 3. The molecular weight excluding hydrogens is 304 g/mol. The summed E-state index contributed by atoms with van der Waals surface area (Å²) in [5.74, 6) is 0. The predicted molar refractivity (Wildman–Crippen MR) is 97.5 cm³/mol. The SMILES string of the molecule is Cc1nc2ccccc2c2[nH]c(=O)c3sc4ccccc4c3c12. The molecule has 0 saturated heterocycles. The highest BCUT2D eigenvalue weighted by molar-refractivity contribution is 7.26. The van der Waals surface area contributed by atoms with Gasteiger partial charge in [-0.15, -0.1) is 11.3 Å². The van der Waals surface area contributed by atoms with Crippen LogP contribution in [0.1, 0.15) is 5.69 Å². The number of rotatable bonds is 0. The minimum absolute atomic E-state index is 0.0237. The van der Waals surface area contributed by atoms with Crippen LogP contribution in [-0.2, 0) is 0 Å². The van der Waals surface area contributed by atoms with Crippen molar-refractivity contribution in [1.82, 2.24) is 9.97 Å². The number of aromatic nitrogens is 2. The Bertz CT molecular complexity index is 1300. The van der Waals surface area contributed by atoms with Crippen LogP contribution in [-0.4, -0.2) is 9.97 Å². The molecule has 5 rings (SSSR count). The minimum Gasteiger partial charge on any atom is -0.320 e. The number of benzene rings is 2. The summed E-state index contributed by atoms with van der Waals surface area (Å²) in [6.45, 7) is 2.01. The maximum atomic E-state index is 12.7. The Labute approximate surface area is 135 Å². The quantitative estimate of drug-likeness (QED) is 0.419. The van der Waals surface area contributed by atoms with E-state index in [1.807, 2.05) is 43.3 Å². The molecule has 1 N–H and O–H groups in total. The number of hydrogen-bond donors (Lipinski definition) is 1. The Balaban J connectivity index is 2.21. The van der Waals surface area contributed by atoms with E-state index in [2.05, 4.69) is 17.1 Å². The van der Waals surface area contributed by atoms with Crippen molar-refractivity contribution in [3.63, 3.8) is 0 Å². The van der Waals surface area contributed by atoms with E-state index in [1.165, 1.54) is 0 Å². The number of nitrogens with zero attached hydrogens (tertiary/aromatic N) is 1. The molecule has 0 amide bonds. The molecule has 0 unspecified atom stereocenters.